The Morgan fingerprint density at radius 3 is 2.62 bits per heavy atom. The molecule has 0 aliphatic heterocycles. The summed E-state index contributed by atoms with van der Waals surface area (Å²) in [5.41, 5.74) is 2.24. The molecule has 2 rings (SSSR count). The van der Waals surface area contributed by atoms with Crippen molar-refractivity contribution in [2.24, 2.45) is 7.05 Å². The molecule has 21 heavy (non-hydrogen) atoms. The Hall–Kier alpha value is -2.44. The number of rotatable bonds is 4. The van der Waals surface area contributed by atoms with Gasteiger partial charge in [-0.15, -0.1) is 0 Å². The smallest absolute Gasteiger partial charge is 0.387 e. The average molecular weight is 295 g/mol. The molecule has 0 spiro atoms. The number of carbonyl (C=O) groups excluding carboxylic acids is 1. The minimum absolute atomic E-state index is 0.0538. The fraction of sp³-hybridized carbons (Fsp3) is 0.286. The van der Waals surface area contributed by atoms with Gasteiger partial charge in [0.05, 0.1) is 11.3 Å². The zero-order chi connectivity index (χ0) is 15.6. The average Bonchev–Trinajstić information content (AvgIpc) is 2.71. The van der Waals surface area contributed by atoms with Crippen LogP contribution in [0.15, 0.2) is 24.4 Å². The Bertz CT molecular complexity index is 668. The third-order valence-electron chi connectivity index (χ3n) is 2.93. The van der Waals surface area contributed by atoms with Crippen LogP contribution in [0.4, 0.5) is 14.5 Å². The molecule has 1 N–H and O–H groups in total. The Labute approximate surface area is 120 Å². The van der Waals surface area contributed by atoms with Crippen LogP contribution >= 0.6 is 0 Å². The van der Waals surface area contributed by atoms with Gasteiger partial charge in [-0.1, -0.05) is 0 Å². The van der Waals surface area contributed by atoms with Crippen molar-refractivity contribution in [3.63, 3.8) is 0 Å². The van der Waals surface area contributed by atoms with E-state index in [9.17, 15) is 13.6 Å². The lowest BCUT2D eigenvalue weighted by Crippen LogP contribution is -2.13. The van der Waals surface area contributed by atoms with Gasteiger partial charge in [-0.05, 0) is 37.6 Å². The van der Waals surface area contributed by atoms with E-state index in [1.807, 2.05) is 0 Å². The molecule has 0 atom stereocenters. The highest BCUT2D eigenvalue weighted by atomic mass is 19.3. The third kappa shape index (κ3) is 3.56. The first-order chi connectivity index (χ1) is 9.86. The summed E-state index contributed by atoms with van der Waals surface area (Å²) in [5.74, 6) is -0.246. The van der Waals surface area contributed by atoms with Crippen molar-refractivity contribution in [3.05, 3.63) is 41.2 Å². The Morgan fingerprint density at radius 1 is 1.38 bits per heavy atom. The minimum Gasteiger partial charge on any atom is -0.435 e. The molecule has 0 fully saturated rings. The molecule has 2 aromatic rings. The van der Waals surface area contributed by atoms with E-state index >= 15 is 0 Å². The molecule has 5 nitrogen and oxygen atoms in total. The fourth-order valence-electron chi connectivity index (χ4n) is 1.96. The predicted octanol–water partition coefficient (Wildman–Crippen LogP) is 2.89. The van der Waals surface area contributed by atoms with Gasteiger partial charge in [0.15, 0.2) is 0 Å². The summed E-state index contributed by atoms with van der Waals surface area (Å²) in [7, 11) is 1.73. The molecular weight excluding hydrogens is 280 g/mol. The summed E-state index contributed by atoms with van der Waals surface area (Å²) in [6.07, 6.45) is 1.62. The second kappa shape index (κ2) is 5.90. The number of nitrogens with zero attached hydrogens (tertiary/aromatic N) is 2. The molecule has 0 unspecified atom stereocenters. The van der Waals surface area contributed by atoms with Crippen LogP contribution in [0.5, 0.6) is 5.75 Å². The van der Waals surface area contributed by atoms with Crippen LogP contribution in [0.2, 0.25) is 0 Å². The number of hydrogen-bond donors (Lipinski definition) is 1. The largest absolute Gasteiger partial charge is 0.435 e. The lowest BCUT2D eigenvalue weighted by molar-refractivity contribution is -0.0498. The normalized spacial score (nSPS) is 10.8. The van der Waals surface area contributed by atoms with E-state index in [1.165, 1.54) is 18.2 Å². The number of amides is 1. The first kappa shape index (κ1) is 15.0. The van der Waals surface area contributed by atoms with Crippen molar-refractivity contribution < 1.29 is 18.3 Å². The first-order valence-electron chi connectivity index (χ1n) is 6.24. The molecule has 7 heteroatoms. The van der Waals surface area contributed by atoms with E-state index in [4.69, 9.17) is 0 Å². The first-order valence-corrected chi connectivity index (χ1v) is 6.24. The molecule has 112 valence electrons. The number of aromatic nitrogens is 2. The zero-order valence-electron chi connectivity index (χ0n) is 11.9. The number of carbonyl (C=O) groups is 1. The van der Waals surface area contributed by atoms with Gasteiger partial charge in [-0.3, -0.25) is 9.48 Å². The van der Waals surface area contributed by atoms with Gasteiger partial charge in [-0.25, -0.2) is 0 Å². The number of benzene rings is 1. The number of hydrogen-bond acceptors (Lipinski definition) is 3. The Balaban J connectivity index is 2.16. The van der Waals surface area contributed by atoms with Crippen LogP contribution in [0.3, 0.4) is 0 Å². The molecule has 0 bridgehead atoms. The maximum absolute atomic E-state index is 12.1. The van der Waals surface area contributed by atoms with E-state index in [0.717, 1.165) is 0 Å². The van der Waals surface area contributed by atoms with Gasteiger partial charge in [0, 0.05) is 18.9 Å². The highest BCUT2D eigenvalue weighted by Gasteiger charge is 2.14. The van der Waals surface area contributed by atoms with Crippen molar-refractivity contribution in [2.45, 2.75) is 20.5 Å². The number of anilines is 1. The topological polar surface area (TPSA) is 56.1 Å². The minimum atomic E-state index is -2.87. The number of ether oxygens (including phenoxy) is 1. The molecule has 1 aromatic heterocycles. The van der Waals surface area contributed by atoms with Crippen molar-refractivity contribution in [1.29, 1.82) is 0 Å². The quantitative estimate of drug-likeness (QED) is 0.943. The van der Waals surface area contributed by atoms with Crippen LogP contribution in [0, 0.1) is 13.8 Å². The van der Waals surface area contributed by atoms with Crippen molar-refractivity contribution in [3.8, 4) is 5.75 Å². The van der Waals surface area contributed by atoms with E-state index < -0.39 is 6.61 Å². The number of alkyl halides is 2. The number of nitrogens with one attached hydrogen (secondary N) is 1. The van der Waals surface area contributed by atoms with Crippen LogP contribution in [0.25, 0.3) is 0 Å². The number of halogens is 2. The third-order valence-corrected chi connectivity index (χ3v) is 2.93. The van der Waals surface area contributed by atoms with Gasteiger partial charge < -0.3 is 10.1 Å². The predicted molar refractivity (Wildman–Crippen MR) is 73.7 cm³/mol. The molecule has 0 aliphatic rings. The van der Waals surface area contributed by atoms with Crippen LogP contribution < -0.4 is 10.1 Å². The lowest BCUT2D eigenvalue weighted by atomic mass is 10.1. The lowest BCUT2D eigenvalue weighted by Gasteiger charge is -2.10. The summed E-state index contributed by atoms with van der Waals surface area (Å²) < 4.78 is 30.1. The van der Waals surface area contributed by atoms with Crippen LogP contribution in [-0.2, 0) is 7.05 Å². The highest BCUT2D eigenvalue weighted by Crippen LogP contribution is 2.23. The Kier molecular flexibility index (Phi) is 4.21. The van der Waals surface area contributed by atoms with Crippen LogP contribution in [0.1, 0.15) is 21.6 Å². The summed E-state index contributed by atoms with van der Waals surface area (Å²) in [5, 5.41) is 6.82. The standard InChI is InChI=1S/C14H15F2N3O2/c1-8-6-10(21-14(15)16)4-5-12(8)17-13(20)11-7-19(3)18-9(11)2/h4-7,14H,1-3H3,(H,17,20). The van der Waals surface area contributed by atoms with Gasteiger partial charge in [-0.2, -0.15) is 13.9 Å². The summed E-state index contributed by atoms with van der Waals surface area (Å²) >= 11 is 0. The summed E-state index contributed by atoms with van der Waals surface area (Å²) in [6.45, 7) is 0.564. The van der Waals surface area contributed by atoms with E-state index in [1.54, 1.807) is 31.8 Å². The molecule has 0 saturated heterocycles. The van der Waals surface area contributed by atoms with E-state index in [2.05, 4.69) is 15.2 Å². The van der Waals surface area contributed by atoms with E-state index in [-0.39, 0.29) is 11.7 Å². The Morgan fingerprint density at radius 2 is 2.10 bits per heavy atom. The molecule has 0 radical (unpaired) electrons. The van der Waals surface area contributed by atoms with Gasteiger partial charge in [0.2, 0.25) is 0 Å². The molecular formula is C14H15F2N3O2. The highest BCUT2D eigenvalue weighted by molar-refractivity contribution is 6.05. The van der Waals surface area contributed by atoms with Crippen molar-refractivity contribution in [1.82, 2.24) is 9.78 Å². The summed E-state index contributed by atoms with van der Waals surface area (Å²) in [6, 6.07) is 4.35. The van der Waals surface area contributed by atoms with Gasteiger partial charge in [0.1, 0.15) is 5.75 Å². The van der Waals surface area contributed by atoms with Gasteiger partial charge >= 0.3 is 6.61 Å². The second-order valence-electron chi connectivity index (χ2n) is 4.61. The van der Waals surface area contributed by atoms with Crippen molar-refractivity contribution in [2.75, 3.05) is 5.32 Å². The maximum Gasteiger partial charge on any atom is 0.387 e. The van der Waals surface area contributed by atoms with Crippen LogP contribution in [-0.4, -0.2) is 22.3 Å². The SMILES string of the molecule is Cc1cc(OC(F)F)ccc1NC(=O)c1cn(C)nc1C. The molecule has 0 saturated carbocycles. The monoisotopic (exact) mass is 295 g/mol. The second-order valence-corrected chi connectivity index (χ2v) is 4.61. The molecule has 1 heterocycles. The molecule has 0 aliphatic carbocycles. The van der Waals surface area contributed by atoms with Gasteiger partial charge in [0.25, 0.3) is 5.91 Å². The summed E-state index contributed by atoms with van der Waals surface area (Å²) in [4.78, 5) is 12.1. The van der Waals surface area contributed by atoms with E-state index in [0.29, 0.717) is 22.5 Å². The van der Waals surface area contributed by atoms with Crippen molar-refractivity contribution >= 4 is 11.6 Å². The molecule has 1 amide bonds. The fourth-order valence-corrected chi connectivity index (χ4v) is 1.96. The maximum atomic E-state index is 12.1. The molecule has 1 aromatic carbocycles. The zero-order valence-corrected chi connectivity index (χ0v) is 11.9. The number of aryl methyl sites for hydroxylation is 3.